The van der Waals surface area contributed by atoms with Crippen molar-refractivity contribution in [3.05, 3.63) is 82.2 Å². The van der Waals surface area contributed by atoms with E-state index < -0.39 is 0 Å². The number of rotatable bonds is 9. The minimum atomic E-state index is -0.346. The Labute approximate surface area is 212 Å². The molecule has 3 N–H and O–H groups in total. The van der Waals surface area contributed by atoms with Crippen LogP contribution < -0.4 is 20.7 Å². The highest BCUT2D eigenvalue weighted by atomic mass is 79.9. The molecule has 2 amide bonds. The molecule has 3 rings (SSSR count). The Morgan fingerprint density at radius 1 is 1.06 bits per heavy atom. The summed E-state index contributed by atoms with van der Waals surface area (Å²) >= 11 is 8.71. The average molecular weight is 544 g/mol. The van der Waals surface area contributed by atoms with E-state index in [-0.39, 0.29) is 16.9 Å². The number of amides is 2. The number of benzene rings is 2. The quantitative estimate of drug-likeness (QED) is 0.307. The van der Waals surface area contributed by atoms with Gasteiger partial charge in [0.2, 0.25) is 0 Å². The normalized spacial score (nSPS) is 10.6. The SMILES string of the molecule is CC(C)CCOc1ccc(C(=O)NC(=S)Nc2ccc(C(=O)NCc3ccco3)cc2)cc1Br. The van der Waals surface area contributed by atoms with Crippen LogP contribution in [0.5, 0.6) is 5.75 Å². The standard InChI is InChI=1S/C25H26BrN3O4S/c1-16(2)11-13-33-22-10-7-18(14-21(22)26)24(31)29-25(34)28-19-8-5-17(6-9-19)23(30)27-15-20-4-3-12-32-20/h3-10,12,14,16H,11,13,15H2,1-2H3,(H,27,30)(H2,28,29,31,34). The van der Waals surface area contributed by atoms with Crippen LogP contribution in [0.1, 0.15) is 46.7 Å². The zero-order chi connectivity index (χ0) is 24.5. The Bertz CT molecular complexity index is 1130. The van der Waals surface area contributed by atoms with Crippen molar-refractivity contribution in [2.75, 3.05) is 11.9 Å². The van der Waals surface area contributed by atoms with Gasteiger partial charge in [-0.05, 0) is 95.1 Å². The first-order valence-electron chi connectivity index (χ1n) is 10.8. The summed E-state index contributed by atoms with van der Waals surface area (Å²) in [6.07, 6.45) is 2.51. The first-order chi connectivity index (χ1) is 16.3. The summed E-state index contributed by atoms with van der Waals surface area (Å²) in [5.74, 6) is 1.35. The van der Waals surface area contributed by atoms with Crippen molar-refractivity contribution in [1.82, 2.24) is 10.6 Å². The van der Waals surface area contributed by atoms with E-state index in [4.69, 9.17) is 21.4 Å². The molecule has 0 aliphatic carbocycles. The molecule has 0 radical (unpaired) electrons. The number of furan rings is 1. The highest BCUT2D eigenvalue weighted by Gasteiger charge is 2.12. The number of halogens is 1. The molecule has 0 saturated heterocycles. The number of nitrogens with one attached hydrogen (secondary N) is 3. The third-order valence-electron chi connectivity index (χ3n) is 4.78. The van der Waals surface area contributed by atoms with Gasteiger partial charge in [-0.15, -0.1) is 0 Å². The van der Waals surface area contributed by atoms with Crippen LogP contribution in [0.2, 0.25) is 0 Å². The van der Waals surface area contributed by atoms with Crippen molar-refractivity contribution in [1.29, 1.82) is 0 Å². The molecule has 1 heterocycles. The average Bonchev–Trinajstić information content (AvgIpc) is 3.32. The topological polar surface area (TPSA) is 92.6 Å². The van der Waals surface area contributed by atoms with E-state index in [0.29, 0.717) is 51.9 Å². The number of hydrogen-bond donors (Lipinski definition) is 3. The van der Waals surface area contributed by atoms with Gasteiger partial charge in [-0.3, -0.25) is 14.9 Å². The summed E-state index contributed by atoms with van der Waals surface area (Å²) in [5, 5.41) is 8.53. The maximum absolute atomic E-state index is 12.6. The van der Waals surface area contributed by atoms with Crippen LogP contribution in [-0.2, 0) is 6.54 Å². The fourth-order valence-corrected chi connectivity index (χ4v) is 3.59. The van der Waals surface area contributed by atoms with Crippen LogP contribution in [0.25, 0.3) is 0 Å². The van der Waals surface area contributed by atoms with Gasteiger partial charge < -0.3 is 19.8 Å². The second kappa shape index (κ2) is 12.3. The van der Waals surface area contributed by atoms with Crippen molar-refractivity contribution >= 4 is 50.8 Å². The summed E-state index contributed by atoms with van der Waals surface area (Å²) in [5.41, 5.74) is 1.58. The van der Waals surface area contributed by atoms with Gasteiger partial charge in [0, 0.05) is 16.8 Å². The molecule has 7 nitrogen and oxygen atoms in total. The lowest BCUT2D eigenvalue weighted by molar-refractivity contribution is 0.0946. The minimum absolute atomic E-state index is 0.147. The number of anilines is 1. The highest BCUT2D eigenvalue weighted by molar-refractivity contribution is 9.10. The van der Waals surface area contributed by atoms with Crippen molar-refractivity contribution in [3.63, 3.8) is 0 Å². The summed E-state index contributed by atoms with van der Waals surface area (Å²) in [6, 6.07) is 15.4. The van der Waals surface area contributed by atoms with E-state index in [1.807, 2.05) is 0 Å². The molecule has 0 unspecified atom stereocenters. The molecule has 3 aromatic rings. The number of hydrogen-bond acceptors (Lipinski definition) is 5. The summed E-state index contributed by atoms with van der Waals surface area (Å²) in [4.78, 5) is 24.8. The number of thiocarbonyl (C=S) groups is 1. The molecule has 0 bridgehead atoms. The number of ether oxygens (including phenoxy) is 1. The molecule has 0 fully saturated rings. The first-order valence-corrected chi connectivity index (χ1v) is 12.0. The third kappa shape index (κ3) is 7.71. The Balaban J connectivity index is 1.49. The van der Waals surface area contributed by atoms with Gasteiger partial charge in [0.1, 0.15) is 11.5 Å². The smallest absolute Gasteiger partial charge is 0.257 e. The molecule has 0 aliphatic rings. The minimum Gasteiger partial charge on any atom is -0.492 e. The highest BCUT2D eigenvalue weighted by Crippen LogP contribution is 2.26. The van der Waals surface area contributed by atoms with E-state index in [1.165, 1.54) is 0 Å². The van der Waals surface area contributed by atoms with Gasteiger partial charge in [0.05, 0.1) is 23.9 Å². The third-order valence-corrected chi connectivity index (χ3v) is 5.61. The predicted octanol–water partition coefficient (Wildman–Crippen LogP) is 5.52. The summed E-state index contributed by atoms with van der Waals surface area (Å²) in [6.45, 7) is 5.19. The van der Waals surface area contributed by atoms with Crippen LogP contribution in [-0.4, -0.2) is 23.5 Å². The molecule has 1 aromatic heterocycles. The Morgan fingerprint density at radius 3 is 2.44 bits per heavy atom. The lowest BCUT2D eigenvalue weighted by Crippen LogP contribution is -2.34. The molecule has 0 aliphatic heterocycles. The summed E-state index contributed by atoms with van der Waals surface area (Å²) < 4.78 is 11.7. The lowest BCUT2D eigenvalue weighted by atomic mass is 10.1. The fraction of sp³-hybridized carbons (Fsp3) is 0.240. The summed E-state index contributed by atoms with van der Waals surface area (Å²) in [7, 11) is 0. The Hall–Kier alpha value is -3.17. The van der Waals surface area contributed by atoms with E-state index in [9.17, 15) is 9.59 Å². The van der Waals surface area contributed by atoms with E-state index in [2.05, 4.69) is 45.7 Å². The van der Waals surface area contributed by atoms with E-state index in [1.54, 1.807) is 60.9 Å². The number of carbonyl (C=O) groups is 2. The van der Waals surface area contributed by atoms with Gasteiger partial charge >= 0.3 is 0 Å². The van der Waals surface area contributed by atoms with Crippen molar-refractivity contribution < 1.29 is 18.7 Å². The van der Waals surface area contributed by atoms with Gasteiger partial charge in [-0.2, -0.15) is 0 Å². The van der Waals surface area contributed by atoms with Crippen molar-refractivity contribution in [2.45, 2.75) is 26.8 Å². The molecular formula is C25H26BrN3O4S. The molecule has 0 spiro atoms. The van der Waals surface area contributed by atoms with Gasteiger partial charge in [-0.1, -0.05) is 13.8 Å². The lowest BCUT2D eigenvalue weighted by Gasteiger charge is -2.12. The maximum atomic E-state index is 12.6. The van der Waals surface area contributed by atoms with Crippen LogP contribution in [0, 0.1) is 5.92 Å². The predicted molar refractivity (Wildman–Crippen MR) is 139 cm³/mol. The molecule has 0 atom stereocenters. The maximum Gasteiger partial charge on any atom is 0.257 e. The molecule has 0 saturated carbocycles. The van der Waals surface area contributed by atoms with Gasteiger partial charge in [-0.25, -0.2) is 0 Å². The van der Waals surface area contributed by atoms with Gasteiger partial charge in [0.25, 0.3) is 11.8 Å². The Morgan fingerprint density at radius 2 is 1.79 bits per heavy atom. The molecule has 2 aromatic carbocycles. The van der Waals surface area contributed by atoms with E-state index >= 15 is 0 Å². The van der Waals surface area contributed by atoms with Crippen LogP contribution >= 0.6 is 28.1 Å². The van der Waals surface area contributed by atoms with Crippen LogP contribution in [0.4, 0.5) is 5.69 Å². The molecular weight excluding hydrogens is 518 g/mol. The molecule has 34 heavy (non-hydrogen) atoms. The van der Waals surface area contributed by atoms with Gasteiger partial charge in [0.15, 0.2) is 5.11 Å². The second-order valence-electron chi connectivity index (χ2n) is 7.92. The largest absolute Gasteiger partial charge is 0.492 e. The van der Waals surface area contributed by atoms with Crippen molar-refractivity contribution in [3.8, 4) is 5.75 Å². The molecule has 178 valence electrons. The van der Waals surface area contributed by atoms with E-state index in [0.717, 1.165) is 6.42 Å². The zero-order valence-electron chi connectivity index (χ0n) is 18.9. The number of carbonyl (C=O) groups excluding carboxylic acids is 2. The van der Waals surface area contributed by atoms with Crippen molar-refractivity contribution in [2.24, 2.45) is 5.92 Å². The fourth-order valence-electron chi connectivity index (χ4n) is 2.89. The Kier molecular flexibility index (Phi) is 9.24. The monoisotopic (exact) mass is 543 g/mol. The zero-order valence-corrected chi connectivity index (χ0v) is 21.3. The second-order valence-corrected chi connectivity index (χ2v) is 9.19. The molecule has 9 heteroatoms. The first kappa shape index (κ1) is 25.5. The van der Waals surface area contributed by atoms with Crippen LogP contribution in [0.15, 0.2) is 69.8 Å². The van der Waals surface area contributed by atoms with Crippen LogP contribution in [0.3, 0.4) is 0 Å².